The first-order valence-electron chi connectivity index (χ1n) is 7.44. The Hall–Kier alpha value is -1.25. The normalized spacial score (nSPS) is 27.6. The molecule has 1 rings (SSSR count). The molecule has 0 bridgehead atoms. The summed E-state index contributed by atoms with van der Waals surface area (Å²) in [5.74, 6) is -0.180. The molecule has 1 aliphatic heterocycles. The van der Waals surface area contributed by atoms with E-state index in [1.807, 2.05) is 13.0 Å². The van der Waals surface area contributed by atoms with Gasteiger partial charge < -0.3 is 9.47 Å². The van der Waals surface area contributed by atoms with Crippen LogP contribution in [0.15, 0.2) is 24.7 Å². The number of cyclic esters (lactones) is 1. The summed E-state index contributed by atoms with van der Waals surface area (Å²) in [5.41, 5.74) is 0. The van der Waals surface area contributed by atoms with Crippen LogP contribution in [0, 0.1) is 0 Å². The third-order valence-corrected chi connectivity index (χ3v) is 3.20. The third-order valence-electron chi connectivity index (χ3n) is 3.20. The smallest absolute Gasteiger partial charge is 0.310 e. The molecule has 1 atom stereocenters. The van der Waals surface area contributed by atoms with Crippen molar-refractivity contribution in [3.8, 4) is 0 Å². The Kier molecular flexibility index (Phi) is 8.86. The molecule has 0 fully saturated rings. The molecule has 1 aliphatic rings. The minimum atomic E-state index is -0.180. The average molecular weight is 266 g/mol. The topological polar surface area (TPSA) is 35.5 Å². The fourth-order valence-corrected chi connectivity index (χ4v) is 2.10. The van der Waals surface area contributed by atoms with Crippen LogP contribution in [-0.4, -0.2) is 12.1 Å². The van der Waals surface area contributed by atoms with Gasteiger partial charge in [0, 0.05) is 0 Å². The first-order chi connectivity index (χ1) is 9.29. The zero-order valence-corrected chi connectivity index (χ0v) is 12.0. The summed E-state index contributed by atoms with van der Waals surface area (Å²) >= 11 is 0. The number of carbonyl (C=O) groups excluding carboxylic acids is 1. The minimum Gasteiger partial charge on any atom is -0.473 e. The van der Waals surface area contributed by atoms with E-state index in [4.69, 9.17) is 9.47 Å². The summed E-state index contributed by atoms with van der Waals surface area (Å²) in [7, 11) is 0. The second kappa shape index (κ2) is 10.7. The van der Waals surface area contributed by atoms with E-state index < -0.39 is 0 Å². The molecule has 0 radical (unpaired) electrons. The van der Waals surface area contributed by atoms with Crippen LogP contribution in [0.4, 0.5) is 0 Å². The van der Waals surface area contributed by atoms with Crippen molar-refractivity contribution < 1.29 is 14.3 Å². The SMILES string of the molecule is CC1CCCCCCCC/C=C\O/C=C/CC(=O)O1. The number of ether oxygens (including phenoxy) is 2. The molecule has 0 saturated carbocycles. The Morgan fingerprint density at radius 3 is 2.53 bits per heavy atom. The van der Waals surface area contributed by atoms with Gasteiger partial charge >= 0.3 is 5.97 Å². The second-order valence-electron chi connectivity index (χ2n) is 5.08. The average Bonchev–Trinajstić information content (AvgIpc) is 2.38. The van der Waals surface area contributed by atoms with Crippen molar-refractivity contribution in [2.75, 3.05) is 0 Å². The van der Waals surface area contributed by atoms with Crippen LogP contribution >= 0.6 is 0 Å². The monoisotopic (exact) mass is 266 g/mol. The Morgan fingerprint density at radius 2 is 1.68 bits per heavy atom. The summed E-state index contributed by atoms with van der Waals surface area (Å²) in [6, 6.07) is 0. The maximum atomic E-state index is 11.5. The lowest BCUT2D eigenvalue weighted by Gasteiger charge is -2.12. The summed E-state index contributed by atoms with van der Waals surface area (Å²) in [6.45, 7) is 1.97. The molecule has 3 nitrogen and oxygen atoms in total. The summed E-state index contributed by atoms with van der Waals surface area (Å²) in [5, 5.41) is 0. The van der Waals surface area contributed by atoms with Crippen LogP contribution < -0.4 is 0 Å². The fourth-order valence-electron chi connectivity index (χ4n) is 2.10. The molecule has 3 heteroatoms. The number of hydrogen-bond donors (Lipinski definition) is 0. The number of allylic oxidation sites excluding steroid dienone is 1. The fraction of sp³-hybridized carbons (Fsp3) is 0.688. The van der Waals surface area contributed by atoms with Gasteiger partial charge in [-0.15, -0.1) is 0 Å². The molecular weight excluding hydrogens is 240 g/mol. The van der Waals surface area contributed by atoms with Crippen molar-refractivity contribution in [1.29, 1.82) is 0 Å². The van der Waals surface area contributed by atoms with Gasteiger partial charge in [0.25, 0.3) is 0 Å². The maximum Gasteiger partial charge on any atom is 0.310 e. The lowest BCUT2D eigenvalue weighted by molar-refractivity contribution is -0.147. The van der Waals surface area contributed by atoms with Crippen LogP contribution in [0.5, 0.6) is 0 Å². The van der Waals surface area contributed by atoms with Gasteiger partial charge in [0.15, 0.2) is 0 Å². The van der Waals surface area contributed by atoms with E-state index in [2.05, 4.69) is 0 Å². The van der Waals surface area contributed by atoms with Crippen molar-refractivity contribution in [3.05, 3.63) is 24.7 Å². The van der Waals surface area contributed by atoms with E-state index in [-0.39, 0.29) is 18.5 Å². The Bertz CT molecular complexity index is 294. The Balaban J connectivity index is 2.34. The number of hydrogen-bond acceptors (Lipinski definition) is 3. The molecule has 1 heterocycles. The molecular formula is C16H26O3. The molecule has 0 N–H and O–H groups in total. The van der Waals surface area contributed by atoms with Gasteiger partial charge in [0.05, 0.1) is 25.0 Å². The molecule has 0 aromatic rings. The van der Waals surface area contributed by atoms with Gasteiger partial charge in [-0.05, 0) is 44.8 Å². The van der Waals surface area contributed by atoms with Gasteiger partial charge in [0.2, 0.25) is 0 Å². The quantitative estimate of drug-likeness (QED) is 0.606. The van der Waals surface area contributed by atoms with Crippen LogP contribution in [-0.2, 0) is 14.3 Å². The standard InChI is InChI=1S/C16H26O3/c1-15-11-8-6-4-2-3-5-7-9-13-18-14-10-12-16(17)19-15/h9-10,13-15H,2-8,11-12H2,1H3/b13-9-,14-10+. The molecule has 0 aromatic carbocycles. The van der Waals surface area contributed by atoms with Gasteiger partial charge in [0.1, 0.15) is 0 Å². The summed E-state index contributed by atoms with van der Waals surface area (Å²) < 4.78 is 10.5. The predicted octanol–water partition coefficient (Wildman–Crippen LogP) is 4.49. The van der Waals surface area contributed by atoms with Crippen LogP contribution in [0.2, 0.25) is 0 Å². The number of esters is 1. The molecule has 19 heavy (non-hydrogen) atoms. The maximum absolute atomic E-state index is 11.5. The van der Waals surface area contributed by atoms with Gasteiger partial charge in [-0.1, -0.05) is 25.7 Å². The van der Waals surface area contributed by atoms with Crippen molar-refractivity contribution >= 4 is 5.97 Å². The van der Waals surface area contributed by atoms with Gasteiger partial charge in [-0.3, -0.25) is 4.79 Å². The highest BCUT2D eigenvalue weighted by Gasteiger charge is 2.07. The van der Waals surface area contributed by atoms with E-state index in [1.165, 1.54) is 32.1 Å². The van der Waals surface area contributed by atoms with Gasteiger partial charge in [-0.25, -0.2) is 0 Å². The van der Waals surface area contributed by atoms with E-state index in [0.717, 1.165) is 19.3 Å². The highest BCUT2D eigenvalue weighted by molar-refractivity contribution is 5.71. The lowest BCUT2D eigenvalue weighted by atomic mass is 10.1. The zero-order chi connectivity index (χ0) is 13.8. The highest BCUT2D eigenvalue weighted by Crippen LogP contribution is 2.12. The van der Waals surface area contributed by atoms with E-state index in [9.17, 15) is 4.79 Å². The van der Waals surface area contributed by atoms with Crippen molar-refractivity contribution in [2.24, 2.45) is 0 Å². The zero-order valence-electron chi connectivity index (χ0n) is 12.0. The predicted molar refractivity (Wildman–Crippen MR) is 76.5 cm³/mol. The molecule has 0 aliphatic carbocycles. The largest absolute Gasteiger partial charge is 0.473 e. The van der Waals surface area contributed by atoms with E-state index >= 15 is 0 Å². The van der Waals surface area contributed by atoms with Crippen molar-refractivity contribution in [2.45, 2.75) is 70.8 Å². The van der Waals surface area contributed by atoms with Gasteiger partial charge in [-0.2, -0.15) is 0 Å². The van der Waals surface area contributed by atoms with Crippen LogP contribution in [0.25, 0.3) is 0 Å². The molecule has 0 spiro atoms. The molecule has 108 valence electrons. The minimum absolute atomic E-state index is 0.0254. The first kappa shape index (κ1) is 15.8. The Labute approximate surface area is 116 Å². The van der Waals surface area contributed by atoms with Crippen molar-refractivity contribution in [1.82, 2.24) is 0 Å². The molecule has 1 unspecified atom stereocenters. The van der Waals surface area contributed by atoms with E-state index in [0.29, 0.717) is 0 Å². The van der Waals surface area contributed by atoms with Crippen LogP contribution in [0.1, 0.15) is 64.7 Å². The molecule has 0 amide bonds. The lowest BCUT2D eigenvalue weighted by Crippen LogP contribution is -2.14. The second-order valence-corrected chi connectivity index (χ2v) is 5.08. The van der Waals surface area contributed by atoms with Crippen molar-refractivity contribution in [3.63, 3.8) is 0 Å². The number of rotatable bonds is 0. The summed E-state index contributed by atoms with van der Waals surface area (Å²) in [6.07, 6.45) is 16.7. The third kappa shape index (κ3) is 9.34. The molecule has 0 aromatic heterocycles. The Morgan fingerprint density at radius 1 is 1.00 bits per heavy atom. The summed E-state index contributed by atoms with van der Waals surface area (Å²) in [4.78, 5) is 11.5. The first-order valence-corrected chi connectivity index (χ1v) is 7.44. The van der Waals surface area contributed by atoms with Crippen LogP contribution in [0.3, 0.4) is 0 Å². The van der Waals surface area contributed by atoms with E-state index in [1.54, 1.807) is 18.6 Å². The number of carbonyl (C=O) groups is 1. The highest BCUT2D eigenvalue weighted by atomic mass is 16.5. The molecule has 0 saturated heterocycles.